The summed E-state index contributed by atoms with van der Waals surface area (Å²) in [4.78, 5) is 0.428. The standard InChI is InChI=1S/C13H14O2S/c1-4-6-12(5-2)16(14,15)13-9-7-11(3)8-10-13/h4-10H,1-2H2,3H3/b12-6+. The van der Waals surface area contributed by atoms with E-state index in [1.165, 1.54) is 18.2 Å². The molecule has 0 aliphatic carbocycles. The minimum absolute atomic E-state index is 0.159. The van der Waals surface area contributed by atoms with E-state index < -0.39 is 9.84 Å². The van der Waals surface area contributed by atoms with Crippen LogP contribution >= 0.6 is 0 Å². The van der Waals surface area contributed by atoms with Crippen LogP contribution in [0, 0.1) is 6.92 Å². The molecule has 84 valence electrons. The van der Waals surface area contributed by atoms with Gasteiger partial charge in [0.25, 0.3) is 0 Å². The smallest absolute Gasteiger partial charge is 0.206 e. The first-order valence-corrected chi connectivity index (χ1v) is 6.27. The normalized spacial score (nSPS) is 12.2. The minimum Gasteiger partial charge on any atom is -0.219 e. The molecule has 0 fully saturated rings. The van der Waals surface area contributed by atoms with Crippen LogP contribution in [0.15, 0.2) is 65.5 Å². The Morgan fingerprint density at radius 2 is 1.75 bits per heavy atom. The number of hydrogen-bond donors (Lipinski definition) is 0. The summed E-state index contributed by atoms with van der Waals surface area (Å²) in [5.41, 5.74) is 1.02. The van der Waals surface area contributed by atoms with Crippen molar-refractivity contribution in [3.63, 3.8) is 0 Å². The van der Waals surface area contributed by atoms with Gasteiger partial charge in [0.05, 0.1) is 9.80 Å². The first-order valence-electron chi connectivity index (χ1n) is 4.79. The first-order chi connectivity index (χ1) is 7.52. The molecule has 0 heterocycles. The molecule has 16 heavy (non-hydrogen) atoms. The van der Waals surface area contributed by atoms with Crippen molar-refractivity contribution < 1.29 is 8.42 Å². The van der Waals surface area contributed by atoms with Crippen molar-refractivity contribution in [1.82, 2.24) is 0 Å². The van der Waals surface area contributed by atoms with E-state index in [1.54, 1.807) is 24.3 Å². The fraction of sp³-hybridized carbons (Fsp3) is 0.0769. The fourth-order valence-corrected chi connectivity index (χ4v) is 2.50. The van der Waals surface area contributed by atoms with Gasteiger partial charge in [0.2, 0.25) is 9.84 Å². The molecule has 0 amide bonds. The lowest BCUT2D eigenvalue weighted by atomic mass is 10.2. The second kappa shape index (κ2) is 4.94. The van der Waals surface area contributed by atoms with Gasteiger partial charge in [0.1, 0.15) is 0 Å². The van der Waals surface area contributed by atoms with Crippen LogP contribution < -0.4 is 0 Å². The Morgan fingerprint density at radius 1 is 1.19 bits per heavy atom. The van der Waals surface area contributed by atoms with E-state index in [0.717, 1.165) is 5.56 Å². The molecule has 0 saturated heterocycles. The number of rotatable bonds is 4. The third kappa shape index (κ3) is 2.49. The minimum atomic E-state index is -3.46. The van der Waals surface area contributed by atoms with Crippen molar-refractivity contribution in [2.24, 2.45) is 0 Å². The molecule has 0 saturated carbocycles. The quantitative estimate of drug-likeness (QED) is 0.750. The average molecular weight is 234 g/mol. The van der Waals surface area contributed by atoms with Crippen molar-refractivity contribution in [1.29, 1.82) is 0 Å². The van der Waals surface area contributed by atoms with Crippen LogP contribution in [0.4, 0.5) is 0 Å². The van der Waals surface area contributed by atoms with Gasteiger partial charge in [-0.1, -0.05) is 43.0 Å². The molecule has 1 rings (SSSR count). The molecule has 0 N–H and O–H groups in total. The van der Waals surface area contributed by atoms with Crippen molar-refractivity contribution in [3.05, 3.63) is 66.1 Å². The van der Waals surface area contributed by atoms with Gasteiger partial charge < -0.3 is 0 Å². The lowest BCUT2D eigenvalue weighted by molar-refractivity contribution is 0.603. The van der Waals surface area contributed by atoms with Gasteiger partial charge in [-0.25, -0.2) is 8.42 Å². The molecule has 1 aromatic carbocycles. The van der Waals surface area contributed by atoms with E-state index in [1.807, 2.05) is 6.92 Å². The molecule has 0 aliphatic heterocycles. The van der Waals surface area contributed by atoms with Gasteiger partial charge in [-0.05, 0) is 25.1 Å². The molecule has 0 atom stereocenters. The Morgan fingerprint density at radius 3 is 2.19 bits per heavy atom. The van der Waals surface area contributed by atoms with Gasteiger partial charge in [0.15, 0.2) is 0 Å². The summed E-state index contributed by atoms with van der Waals surface area (Å²) in [7, 11) is -3.46. The lowest BCUT2D eigenvalue weighted by Gasteiger charge is -2.04. The molecular weight excluding hydrogens is 220 g/mol. The summed E-state index contributed by atoms with van der Waals surface area (Å²) in [5, 5.41) is 0. The van der Waals surface area contributed by atoms with Crippen molar-refractivity contribution in [3.8, 4) is 0 Å². The van der Waals surface area contributed by atoms with Gasteiger partial charge >= 0.3 is 0 Å². The molecule has 0 bridgehead atoms. The number of benzene rings is 1. The van der Waals surface area contributed by atoms with Gasteiger partial charge in [-0.3, -0.25) is 0 Å². The number of allylic oxidation sites excluding steroid dienone is 3. The Balaban J connectivity index is 3.31. The summed E-state index contributed by atoms with van der Waals surface area (Å²) >= 11 is 0. The Bertz CT molecular complexity index is 520. The first kappa shape index (κ1) is 12.5. The van der Waals surface area contributed by atoms with Crippen LogP contribution in [0.25, 0.3) is 0 Å². The molecule has 1 aromatic rings. The zero-order chi connectivity index (χ0) is 12.2. The molecular formula is C13H14O2S. The van der Waals surface area contributed by atoms with Crippen molar-refractivity contribution in [2.45, 2.75) is 11.8 Å². The average Bonchev–Trinajstić information content (AvgIpc) is 2.26. The van der Waals surface area contributed by atoms with E-state index in [9.17, 15) is 8.42 Å². The van der Waals surface area contributed by atoms with Gasteiger partial charge in [0, 0.05) is 0 Å². The van der Waals surface area contributed by atoms with Crippen LogP contribution in [0.3, 0.4) is 0 Å². The SMILES string of the molecule is C=C/C=C(\C=C)S(=O)(=O)c1ccc(C)cc1. The van der Waals surface area contributed by atoms with Gasteiger partial charge in [-0.2, -0.15) is 0 Å². The van der Waals surface area contributed by atoms with E-state index >= 15 is 0 Å². The molecule has 3 heteroatoms. The largest absolute Gasteiger partial charge is 0.219 e. The van der Waals surface area contributed by atoms with Crippen LogP contribution in [-0.2, 0) is 9.84 Å². The number of hydrogen-bond acceptors (Lipinski definition) is 2. The van der Waals surface area contributed by atoms with E-state index in [4.69, 9.17) is 0 Å². The molecule has 0 radical (unpaired) electrons. The monoisotopic (exact) mass is 234 g/mol. The van der Waals surface area contributed by atoms with Crippen molar-refractivity contribution in [2.75, 3.05) is 0 Å². The molecule has 0 aliphatic rings. The van der Waals surface area contributed by atoms with Crippen LogP contribution in [-0.4, -0.2) is 8.42 Å². The summed E-state index contributed by atoms with van der Waals surface area (Å²) in [6.07, 6.45) is 4.18. The molecule has 0 unspecified atom stereocenters. The molecule has 0 spiro atoms. The Hall–Kier alpha value is -1.61. The highest BCUT2D eigenvalue weighted by Gasteiger charge is 2.17. The third-order valence-electron chi connectivity index (χ3n) is 2.12. The zero-order valence-electron chi connectivity index (χ0n) is 9.18. The van der Waals surface area contributed by atoms with E-state index in [2.05, 4.69) is 13.2 Å². The fourth-order valence-electron chi connectivity index (χ4n) is 1.24. The van der Waals surface area contributed by atoms with Crippen molar-refractivity contribution >= 4 is 9.84 Å². The van der Waals surface area contributed by atoms with Crippen LogP contribution in [0.5, 0.6) is 0 Å². The highest BCUT2D eigenvalue weighted by Crippen LogP contribution is 2.20. The maximum atomic E-state index is 12.1. The predicted octanol–water partition coefficient (Wildman–Crippen LogP) is 3.02. The molecule has 2 nitrogen and oxygen atoms in total. The third-order valence-corrected chi connectivity index (χ3v) is 3.94. The summed E-state index contributed by atoms with van der Waals surface area (Å²) in [5.74, 6) is 0. The highest BCUT2D eigenvalue weighted by molar-refractivity contribution is 7.95. The predicted molar refractivity (Wildman–Crippen MR) is 66.8 cm³/mol. The summed E-state index contributed by atoms with van der Waals surface area (Å²) < 4.78 is 24.2. The van der Waals surface area contributed by atoms with Crippen LogP contribution in [0.1, 0.15) is 5.56 Å². The maximum absolute atomic E-state index is 12.1. The number of sulfone groups is 1. The summed E-state index contributed by atoms with van der Waals surface area (Å²) in [6, 6.07) is 6.71. The van der Waals surface area contributed by atoms with E-state index in [0.29, 0.717) is 0 Å². The highest BCUT2D eigenvalue weighted by atomic mass is 32.2. The van der Waals surface area contributed by atoms with Crippen LogP contribution in [0.2, 0.25) is 0 Å². The lowest BCUT2D eigenvalue weighted by Crippen LogP contribution is -2.02. The van der Waals surface area contributed by atoms with Gasteiger partial charge in [-0.15, -0.1) is 0 Å². The molecule has 0 aromatic heterocycles. The second-order valence-corrected chi connectivity index (χ2v) is 5.28. The number of aryl methyl sites for hydroxylation is 1. The van der Waals surface area contributed by atoms with E-state index in [-0.39, 0.29) is 9.80 Å². The summed E-state index contributed by atoms with van der Waals surface area (Å²) in [6.45, 7) is 8.88. The Labute approximate surface area is 96.5 Å². The zero-order valence-corrected chi connectivity index (χ0v) is 10.00. The maximum Gasteiger partial charge on any atom is 0.206 e. The Kier molecular flexibility index (Phi) is 3.85. The second-order valence-electron chi connectivity index (χ2n) is 3.33. The topological polar surface area (TPSA) is 34.1 Å².